The molecule has 1 aliphatic heterocycles. The predicted molar refractivity (Wildman–Crippen MR) is 77.4 cm³/mol. The number of hydrogen-bond acceptors (Lipinski definition) is 4. The Bertz CT molecular complexity index is 479. The van der Waals surface area contributed by atoms with Crippen LogP contribution in [-0.4, -0.2) is 34.2 Å². The fourth-order valence-electron chi connectivity index (χ4n) is 2.54. The first-order valence-electron chi connectivity index (χ1n) is 7.10. The lowest BCUT2D eigenvalue weighted by Crippen LogP contribution is -2.40. The van der Waals surface area contributed by atoms with Gasteiger partial charge in [-0.25, -0.2) is 0 Å². The van der Waals surface area contributed by atoms with Gasteiger partial charge in [0, 0.05) is 6.54 Å². The molecule has 0 bridgehead atoms. The second-order valence-electron chi connectivity index (χ2n) is 6.33. The molecule has 1 aromatic rings. The van der Waals surface area contributed by atoms with Gasteiger partial charge in [-0.05, 0) is 57.9 Å². The Morgan fingerprint density at radius 1 is 1.45 bits per heavy atom. The van der Waals surface area contributed by atoms with E-state index >= 15 is 0 Å². The summed E-state index contributed by atoms with van der Waals surface area (Å²) in [5, 5.41) is 9.50. The van der Waals surface area contributed by atoms with Crippen molar-refractivity contribution in [2.24, 2.45) is 0 Å². The molecule has 2 rings (SSSR count). The summed E-state index contributed by atoms with van der Waals surface area (Å²) >= 11 is 0. The smallest absolute Gasteiger partial charge is 0.323 e. The van der Waals surface area contributed by atoms with E-state index in [-0.39, 0.29) is 17.8 Å². The van der Waals surface area contributed by atoms with Crippen LogP contribution >= 0.6 is 0 Å². The van der Waals surface area contributed by atoms with Gasteiger partial charge in [0.2, 0.25) is 0 Å². The van der Waals surface area contributed by atoms with Crippen molar-refractivity contribution in [1.82, 2.24) is 4.90 Å². The molecular weight excluding hydrogens is 254 g/mol. The molecule has 0 saturated carbocycles. The lowest BCUT2D eigenvalue weighted by molar-refractivity contribution is -0.160. The van der Waals surface area contributed by atoms with E-state index in [1.165, 1.54) is 0 Å². The summed E-state index contributed by atoms with van der Waals surface area (Å²) in [7, 11) is 0. The first kappa shape index (κ1) is 14.9. The van der Waals surface area contributed by atoms with Crippen LogP contribution in [0.5, 0.6) is 5.75 Å². The lowest BCUT2D eigenvalue weighted by atomic mass is 10.1. The number of likely N-dealkylation sites (tertiary alicyclic amines) is 1. The van der Waals surface area contributed by atoms with Crippen LogP contribution in [-0.2, 0) is 16.1 Å². The van der Waals surface area contributed by atoms with E-state index in [4.69, 9.17) is 4.74 Å². The Labute approximate surface area is 120 Å². The molecule has 4 heteroatoms. The number of benzene rings is 1. The molecule has 0 spiro atoms. The van der Waals surface area contributed by atoms with Gasteiger partial charge in [0.15, 0.2) is 0 Å². The number of carbonyl (C=O) groups excluding carboxylic acids is 1. The number of ether oxygens (including phenoxy) is 1. The van der Waals surface area contributed by atoms with E-state index in [0.29, 0.717) is 6.54 Å². The average molecular weight is 277 g/mol. The van der Waals surface area contributed by atoms with Gasteiger partial charge < -0.3 is 9.84 Å². The highest BCUT2D eigenvalue weighted by molar-refractivity contribution is 5.76. The van der Waals surface area contributed by atoms with E-state index in [9.17, 15) is 9.90 Å². The van der Waals surface area contributed by atoms with Crippen LogP contribution in [0.15, 0.2) is 24.3 Å². The van der Waals surface area contributed by atoms with Crippen LogP contribution in [0.1, 0.15) is 39.2 Å². The summed E-state index contributed by atoms with van der Waals surface area (Å²) in [6.07, 6.45) is 1.84. The Morgan fingerprint density at radius 2 is 2.20 bits per heavy atom. The van der Waals surface area contributed by atoms with E-state index in [1.807, 2.05) is 32.9 Å². The van der Waals surface area contributed by atoms with Crippen LogP contribution in [0.4, 0.5) is 0 Å². The van der Waals surface area contributed by atoms with Gasteiger partial charge >= 0.3 is 5.97 Å². The summed E-state index contributed by atoms with van der Waals surface area (Å²) in [4.78, 5) is 14.3. The van der Waals surface area contributed by atoms with Crippen LogP contribution in [0.2, 0.25) is 0 Å². The number of carbonyl (C=O) groups is 1. The van der Waals surface area contributed by atoms with Gasteiger partial charge in [0.25, 0.3) is 0 Å². The number of phenols is 1. The molecule has 0 aliphatic carbocycles. The minimum Gasteiger partial charge on any atom is -0.508 e. The summed E-state index contributed by atoms with van der Waals surface area (Å²) in [6, 6.07) is 7.01. The maximum absolute atomic E-state index is 12.2. The molecule has 1 aromatic carbocycles. The SMILES string of the molecule is CC(C)(C)OC(=O)[C@H]1CCCN1Cc1cccc(O)c1. The molecule has 0 aromatic heterocycles. The third kappa shape index (κ3) is 3.97. The van der Waals surface area contributed by atoms with Gasteiger partial charge in [-0.15, -0.1) is 0 Å². The van der Waals surface area contributed by atoms with Crippen LogP contribution < -0.4 is 0 Å². The Hall–Kier alpha value is -1.55. The molecule has 1 saturated heterocycles. The van der Waals surface area contributed by atoms with Crippen molar-refractivity contribution >= 4 is 5.97 Å². The van der Waals surface area contributed by atoms with Crippen molar-refractivity contribution in [3.8, 4) is 5.75 Å². The highest BCUT2D eigenvalue weighted by Gasteiger charge is 2.33. The van der Waals surface area contributed by atoms with Gasteiger partial charge in [-0.3, -0.25) is 9.69 Å². The number of esters is 1. The molecule has 0 radical (unpaired) electrons. The largest absolute Gasteiger partial charge is 0.508 e. The van der Waals surface area contributed by atoms with Crippen LogP contribution in [0, 0.1) is 0 Å². The topological polar surface area (TPSA) is 49.8 Å². The number of rotatable bonds is 3. The molecule has 4 nitrogen and oxygen atoms in total. The normalized spacial score (nSPS) is 20.1. The zero-order valence-corrected chi connectivity index (χ0v) is 12.4. The number of phenolic OH excluding ortho intramolecular Hbond substituents is 1. The highest BCUT2D eigenvalue weighted by atomic mass is 16.6. The van der Waals surface area contributed by atoms with Crippen LogP contribution in [0.25, 0.3) is 0 Å². The fraction of sp³-hybridized carbons (Fsp3) is 0.562. The van der Waals surface area contributed by atoms with Crippen LogP contribution in [0.3, 0.4) is 0 Å². The van der Waals surface area contributed by atoms with Gasteiger partial charge in [0.1, 0.15) is 17.4 Å². The molecule has 110 valence electrons. The minimum atomic E-state index is -0.448. The predicted octanol–water partition coefficient (Wildman–Crippen LogP) is 2.70. The zero-order valence-electron chi connectivity index (χ0n) is 12.4. The quantitative estimate of drug-likeness (QED) is 0.863. The molecule has 1 heterocycles. The molecule has 0 unspecified atom stereocenters. The van der Waals surface area contributed by atoms with E-state index in [1.54, 1.807) is 12.1 Å². The monoisotopic (exact) mass is 277 g/mol. The Morgan fingerprint density at radius 3 is 2.85 bits per heavy atom. The summed E-state index contributed by atoms with van der Waals surface area (Å²) in [5.74, 6) is 0.116. The Kier molecular flexibility index (Phi) is 4.33. The number of aromatic hydroxyl groups is 1. The maximum Gasteiger partial charge on any atom is 0.323 e. The zero-order chi connectivity index (χ0) is 14.8. The summed E-state index contributed by atoms with van der Waals surface area (Å²) in [5.41, 5.74) is 0.566. The van der Waals surface area contributed by atoms with Gasteiger partial charge in [-0.2, -0.15) is 0 Å². The third-order valence-electron chi connectivity index (χ3n) is 3.34. The number of nitrogens with zero attached hydrogens (tertiary/aromatic N) is 1. The van der Waals surface area contributed by atoms with Crippen molar-refractivity contribution in [1.29, 1.82) is 0 Å². The molecule has 0 amide bonds. The summed E-state index contributed by atoms with van der Waals surface area (Å²) in [6.45, 7) is 7.22. The first-order valence-corrected chi connectivity index (χ1v) is 7.10. The third-order valence-corrected chi connectivity index (χ3v) is 3.34. The second kappa shape index (κ2) is 5.83. The fourth-order valence-corrected chi connectivity index (χ4v) is 2.54. The van der Waals surface area contributed by atoms with Gasteiger partial charge in [-0.1, -0.05) is 12.1 Å². The molecule has 1 N–H and O–H groups in total. The van der Waals surface area contributed by atoms with Gasteiger partial charge in [0.05, 0.1) is 0 Å². The molecule has 1 aliphatic rings. The minimum absolute atomic E-state index is 0.143. The highest BCUT2D eigenvalue weighted by Crippen LogP contribution is 2.24. The molecular formula is C16H23NO3. The molecule has 1 atom stereocenters. The number of hydrogen-bond donors (Lipinski definition) is 1. The second-order valence-corrected chi connectivity index (χ2v) is 6.33. The van der Waals surface area contributed by atoms with E-state index in [0.717, 1.165) is 24.9 Å². The van der Waals surface area contributed by atoms with Crippen molar-refractivity contribution in [3.63, 3.8) is 0 Å². The first-order chi connectivity index (χ1) is 9.35. The molecule has 1 fully saturated rings. The van der Waals surface area contributed by atoms with Crippen molar-refractivity contribution in [2.75, 3.05) is 6.54 Å². The average Bonchev–Trinajstić information content (AvgIpc) is 2.75. The maximum atomic E-state index is 12.2. The van der Waals surface area contributed by atoms with E-state index in [2.05, 4.69) is 4.90 Å². The Balaban J connectivity index is 2.02. The summed E-state index contributed by atoms with van der Waals surface area (Å²) < 4.78 is 5.48. The molecule has 20 heavy (non-hydrogen) atoms. The van der Waals surface area contributed by atoms with E-state index < -0.39 is 5.60 Å². The van der Waals surface area contributed by atoms with Crippen molar-refractivity contribution < 1.29 is 14.6 Å². The van der Waals surface area contributed by atoms with Crippen molar-refractivity contribution in [3.05, 3.63) is 29.8 Å². The standard InChI is InChI=1S/C16H23NO3/c1-16(2,3)20-15(19)14-8-5-9-17(14)11-12-6-4-7-13(18)10-12/h4,6-7,10,14,18H,5,8-9,11H2,1-3H3/t14-/m1/s1. The lowest BCUT2D eigenvalue weighted by Gasteiger charge is -2.27. The van der Waals surface area contributed by atoms with Crippen molar-refractivity contribution in [2.45, 2.75) is 51.8 Å².